The van der Waals surface area contributed by atoms with Gasteiger partial charge in [0.15, 0.2) is 0 Å². The van der Waals surface area contributed by atoms with E-state index in [2.05, 4.69) is 15.4 Å². The van der Waals surface area contributed by atoms with Gasteiger partial charge in [-0.05, 0) is 29.3 Å². The molecule has 4 aromatic rings. The van der Waals surface area contributed by atoms with Crippen LogP contribution in [0.3, 0.4) is 0 Å². The van der Waals surface area contributed by atoms with E-state index in [-0.39, 0.29) is 50.8 Å². The first-order valence-corrected chi connectivity index (χ1v) is 11.4. The number of rotatable bonds is 8. The Labute approximate surface area is 214 Å². The molecule has 2 amide bonds. The molecule has 0 saturated heterocycles. The van der Waals surface area contributed by atoms with Crippen molar-refractivity contribution in [2.45, 2.75) is 19.1 Å². The number of nitrogens with zero attached hydrogens (tertiary/aromatic N) is 4. The highest BCUT2D eigenvalue weighted by Gasteiger charge is 2.35. The smallest absolute Gasteiger partial charge is 0.433 e. The molecule has 0 saturated carbocycles. The number of pyridine rings is 1. The second-order valence-corrected chi connectivity index (χ2v) is 8.75. The van der Waals surface area contributed by atoms with Crippen LogP contribution >= 0.6 is 11.3 Å². The first-order chi connectivity index (χ1) is 17.9. The van der Waals surface area contributed by atoms with E-state index in [4.69, 9.17) is 10.5 Å². The maximum atomic E-state index is 13.6. The number of hydrogen-bond donors (Lipinski definition) is 2. The number of carbonyl (C=O) groups is 2. The van der Waals surface area contributed by atoms with Crippen molar-refractivity contribution in [1.82, 2.24) is 14.8 Å². The third-order valence-electron chi connectivity index (χ3n) is 5.26. The summed E-state index contributed by atoms with van der Waals surface area (Å²) in [5.74, 6) is -2.60. The molecule has 0 aliphatic carbocycles. The van der Waals surface area contributed by atoms with E-state index < -0.39 is 40.1 Å². The molecule has 11 nitrogen and oxygen atoms in total. The van der Waals surface area contributed by atoms with Crippen LogP contribution in [0.4, 0.5) is 28.9 Å². The lowest BCUT2D eigenvalue weighted by molar-refractivity contribution is -0.385. The number of benzene rings is 1. The van der Waals surface area contributed by atoms with Crippen molar-refractivity contribution in [1.29, 1.82) is 0 Å². The average Bonchev–Trinajstić information content (AvgIpc) is 3.44. The van der Waals surface area contributed by atoms with Crippen molar-refractivity contribution in [3.05, 3.63) is 63.0 Å². The average molecular weight is 552 g/mol. The van der Waals surface area contributed by atoms with Crippen molar-refractivity contribution < 1.29 is 36.8 Å². The van der Waals surface area contributed by atoms with E-state index in [9.17, 15) is 37.3 Å². The molecule has 0 fully saturated rings. The van der Waals surface area contributed by atoms with Gasteiger partial charge in [0.05, 0.1) is 24.3 Å². The predicted octanol–water partition coefficient (Wildman–Crippen LogP) is 4.36. The molecule has 0 bridgehead atoms. The van der Waals surface area contributed by atoms with Crippen LogP contribution in [0.15, 0.2) is 36.5 Å². The molecule has 0 radical (unpaired) electrons. The number of anilines is 1. The fourth-order valence-electron chi connectivity index (χ4n) is 3.59. The number of alkyl halides is 3. The highest BCUT2D eigenvalue weighted by molar-refractivity contribution is 7.21. The van der Waals surface area contributed by atoms with Crippen LogP contribution in [0, 0.1) is 15.9 Å². The number of primary amides is 1. The molecule has 1 aromatic carbocycles. The molecule has 0 spiro atoms. The number of nitro groups is 1. The number of ether oxygens (including phenoxy) is 1. The normalized spacial score (nSPS) is 11.5. The first-order valence-electron chi connectivity index (χ1n) is 10.5. The maximum Gasteiger partial charge on any atom is 0.433 e. The highest BCUT2D eigenvalue weighted by atomic mass is 32.1. The molecule has 0 unspecified atom stereocenters. The number of fused-ring (bicyclic) bond motifs is 1. The number of thiophene rings is 1. The fourth-order valence-corrected chi connectivity index (χ4v) is 4.60. The van der Waals surface area contributed by atoms with E-state index in [0.717, 1.165) is 29.1 Å². The monoisotopic (exact) mass is 552 g/mol. The Morgan fingerprint density at radius 3 is 2.50 bits per heavy atom. The lowest BCUT2D eigenvalue weighted by Crippen LogP contribution is -2.18. The lowest BCUT2D eigenvalue weighted by atomic mass is 10.0. The summed E-state index contributed by atoms with van der Waals surface area (Å²) in [6, 6.07) is 5.32. The topological polar surface area (TPSA) is 155 Å². The number of nitrogens with one attached hydrogen (secondary N) is 1. The fraction of sp³-hybridized carbons (Fsp3) is 0.182. The van der Waals surface area contributed by atoms with Gasteiger partial charge in [-0.3, -0.25) is 24.4 Å². The summed E-state index contributed by atoms with van der Waals surface area (Å²) >= 11 is 0.559. The van der Waals surface area contributed by atoms with Crippen molar-refractivity contribution in [3.8, 4) is 17.0 Å². The van der Waals surface area contributed by atoms with E-state index in [1.54, 1.807) is 0 Å². The molecule has 0 atom stereocenters. The van der Waals surface area contributed by atoms with Crippen LogP contribution < -0.4 is 15.8 Å². The van der Waals surface area contributed by atoms with Gasteiger partial charge in [0.1, 0.15) is 27.4 Å². The number of carbonyl (C=O) groups excluding carboxylic acids is 2. The molecule has 0 aliphatic rings. The number of nitrogens with two attached hydrogens (primary N) is 1. The Morgan fingerprint density at radius 2 is 1.95 bits per heavy atom. The molecular formula is C22H16F4N6O5S. The van der Waals surface area contributed by atoms with Gasteiger partial charge in [-0.25, -0.2) is 9.37 Å². The van der Waals surface area contributed by atoms with Crippen LogP contribution in [0.25, 0.3) is 21.3 Å². The number of methoxy groups -OCH3 is 1. The van der Waals surface area contributed by atoms with Crippen LogP contribution in [0.1, 0.15) is 21.8 Å². The second-order valence-electron chi connectivity index (χ2n) is 7.75. The van der Waals surface area contributed by atoms with E-state index in [1.807, 2.05) is 0 Å². The molecule has 38 heavy (non-hydrogen) atoms. The zero-order valence-corrected chi connectivity index (χ0v) is 20.0. The molecular weight excluding hydrogens is 536 g/mol. The molecule has 3 aromatic heterocycles. The molecule has 198 valence electrons. The second kappa shape index (κ2) is 10.0. The Hall–Kier alpha value is -4.60. The van der Waals surface area contributed by atoms with Crippen LogP contribution in [0.2, 0.25) is 0 Å². The summed E-state index contributed by atoms with van der Waals surface area (Å²) in [4.78, 5) is 38.5. The van der Waals surface area contributed by atoms with Gasteiger partial charge in [0.25, 0.3) is 5.91 Å². The van der Waals surface area contributed by atoms with Crippen molar-refractivity contribution >= 4 is 44.7 Å². The van der Waals surface area contributed by atoms with Crippen molar-refractivity contribution in [2.24, 2.45) is 5.73 Å². The summed E-state index contributed by atoms with van der Waals surface area (Å²) in [6.07, 6.45) is -4.07. The van der Waals surface area contributed by atoms with Gasteiger partial charge >= 0.3 is 17.7 Å². The minimum Gasteiger partial charge on any atom is -0.475 e. The van der Waals surface area contributed by atoms with Crippen molar-refractivity contribution in [3.63, 3.8) is 0 Å². The number of halogens is 4. The van der Waals surface area contributed by atoms with Crippen LogP contribution in [-0.2, 0) is 17.5 Å². The zero-order valence-electron chi connectivity index (χ0n) is 19.2. The van der Waals surface area contributed by atoms with Gasteiger partial charge in [-0.15, -0.1) is 16.4 Å². The summed E-state index contributed by atoms with van der Waals surface area (Å²) in [7, 11) is 1.19. The molecule has 0 aliphatic heterocycles. The number of aromatic nitrogens is 3. The third-order valence-corrected chi connectivity index (χ3v) is 6.36. The predicted molar refractivity (Wildman–Crippen MR) is 127 cm³/mol. The largest absolute Gasteiger partial charge is 0.475 e. The van der Waals surface area contributed by atoms with E-state index in [0.29, 0.717) is 11.3 Å². The van der Waals surface area contributed by atoms with Gasteiger partial charge < -0.3 is 15.8 Å². The Bertz CT molecular complexity index is 1570. The molecule has 3 heterocycles. The van der Waals surface area contributed by atoms with Crippen LogP contribution in [0.5, 0.6) is 5.88 Å². The number of aryl methyl sites for hydroxylation is 1. The Balaban J connectivity index is 1.75. The zero-order chi connectivity index (χ0) is 27.8. The highest BCUT2D eigenvalue weighted by Crippen LogP contribution is 2.43. The first kappa shape index (κ1) is 26.5. The summed E-state index contributed by atoms with van der Waals surface area (Å²) in [6.45, 7) is -0.134. The number of amides is 2. The minimum atomic E-state index is -4.84. The number of hydrogen-bond acceptors (Lipinski definition) is 8. The SMILES string of the molecule is COc1nn(CCC(=O)Nc2c(C(N)=O)sc3nc(C(F)(F)F)cc(-c4ccc(F)cc4)c23)cc1[N+](=O)[O-]. The lowest BCUT2D eigenvalue weighted by Gasteiger charge is -2.12. The Morgan fingerprint density at radius 1 is 1.26 bits per heavy atom. The maximum absolute atomic E-state index is 13.6. The Kier molecular flexibility index (Phi) is 6.99. The summed E-state index contributed by atoms with van der Waals surface area (Å²) < 4.78 is 60.2. The van der Waals surface area contributed by atoms with Gasteiger partial charge in [-0.2, -0.15) is 13.2 Å². The summed E-state index contributed by atoms with van der Waals surface area (Å²) in [5.41, 5.74) is 3.72. The molecule has 16 heteroatoms. The van der Waals surface area contributed by atoms with E-state index in [1.165, 1.54) is 19.2 Å². The molecule has 4 rings (SSSR count). The van der Waals surface area contributed by atoms with E-state index >= 15 is 0 Å². The van der Waals surface area contributed by atoms with Gasteiger partial charge in [0.2, 0.25) is 5.91 Å². The standard InChI is InChI=1S/C22H16F4N6O5S/c1-37-20-13(32(35)36)9-31(30-20)7-6-15(33)29-17-16-12(10-2-4-11(23)5-3-10)8-14(22(24,25)26)28-21(16)38-18(17)19(27)34/h2-5,8-9H,6-7H2,1H3,(H2,27,34)(H,29,33). The summed E-state index contributed by atoms with van der Waals surface area (Å²) in [5, 5.41) is 17.4. The molecule has 3 N–H and O–H groups in total. The van der Waals surface area contributed by atoms with Crippen molar-refractivity contribution in [2.75, 3.05) is 12.4 Å². The van der Waals surface area contributed by atoms with Gasteiger partial charge in [0, 0.05) is 11.8 Å². The van der Waals surface area contributed by atoms with Crippen LogP contribution in [-0.4, -0.2) is 38.6 Å². The third kappa shape index (κ3) is 5.24. The minimum absolute atomic E-state index is 0.00755. The quantitative estimate of drug-likeness (QED) is 0.187. The van der Waals surface area contributed by atoms with Gasteiger partial charge in [-0.1, -0.05) is 12.1 Å².